The third kappa shape index (κ3) is 3.89. The highest BCUT2D eigenvalue weighted by molar-refractivity contribution is 5.75. The molecule has 5 nitrogen and oxygen atoms in total. The second kappa shape index (κ2) is 6.07. The van der Waals surface area contributed by atoms with E-state index in [9.17, 15) is 9.59 Å². The van der Waals surface area contributed by atoms with Crippen LogP contribution in [-0.2, 0) is 4.79 Å². The minimum Gasteiger partial charge on any atom is -0.481 e. The Kier molecular flexibility index (Phi) is 4.99. The molecule has 0 bridgehead atoms. The van der Waals surface area contributed by atoms with Crippen LogP contribution in [0.15, 0.2) is 0 Å². The first kappa shape index (κ1) is 14.8. The van der Waals surface area contributed by atoms with Gasteiger partial charge in [0.05, 0.1) is 5.92 Å². The van der Waals surface area contributed by atoms with Crippen LogP contribution in [0.25, 0.3) is 0 Å². The number of carbonyl (C=O) groups is 2. The Morgan fingerprint density at radius 2 is 2.11 bits per heavy atom. The first-order chi connectivity index (χ1) is 8.34. The number of amides is 2. The number of hydrogen-bond donors (Lipinski definition) is 2. The Morgan fingerprint density at radius 1 is 1.44 bits per heavy atom. The van der Waals surface area contributed by atoms with Gasteiger partial charge in [-0.1, -0.05) is 6.92 Å². The van der Waals surface area contributed by atoms with E-state index in [0.29, 0.717) is 19.4 Å². The number of hydrogen-bond acceptors (Lipinski definition) is 2. The highest BCUT2D eigenvalue weighted by Gasteiger charge is 2.35. The molecule has 0 aromatic heterocycles. The molecule has 1 rings (SSSR count). The first-order valence-corrected chi connectivity index (χ1v) is 6.63. The Labute approximate surface area is 109 Å². The van der Waals surface area contributed by atoms with Crippen molar-refractivity contribution in [2.75, 3.05) is 13.1 Å². The van der Waals surface area contributed by atoms with Crippen LogP contribution in [-0.4, -0.2) is 40.6 Å². The number of rotatable bonds is 5. The normalized spacial score (nSPS) is 19.6. The monoisotopic (exact) mass is 256 g/mol. The maximum atomic E-state index is 11.9. The Bertz CT molecular complexity index is 315. The number of aliphatic carboxylic acids is 1. The zero-order valence-corrected chi connectivity index (χ0v) is 11.5. The van der Waals surface area contributed by atoms with Crippen LogP contribution in [0.3, 0.4) is 0 Å². The van der Waals surface area contributed by atoms with Crippen molar-refractivity contribution in [2.24, 2.45) is 5.92 Å². The predicted octanol–water partition coefficient (Wildman–Crippen LogP) is 2.07. The zero-order valence-electron chi connectivity index (χ0n) is 11.5. The number of carboxylic acid groups (broad SMARTS) is 1. The van der Waals surface area contributed by atoms with Crippen LogP contribution in [0.4, 0.5) is 4.79 Å². The molecule has 1 heterocycles. The molecule has 1 aliphatic heterocycles. The summed E-state index contributed by atoms with van der Waals surface area (Å²) in [6.07, 6.45) is 3.39. The maximum Gasteiger partial charge on any atom is 0.317 e. The Balaban J connectivity index is 2.24. The number of nitrogens with zero attached hydrogens (tertiary/aromatic N) is 1. The zero-order chi connectivity index (χ0) is 13.8. The minimum atomic E-state index is -0.776. The lowest BCUT2D eigenvalue weighted by Crippen LogP contribution is -2.48. The first-order valence-electron chi connectivity index (χ1n) is 6.63. The molecular weight excluding hydrogens is 232 g/mol. The van der Waals surface area contributed by atoms with Crippen LogP contribution >= 0.6 is 0 Å². The molecule has 1 saturated heterocycles. The molecule has 1 atom stereocenters. The summed E-state index contributed by atoms with van der Waals surface area (Å²) in [6, 6.07) is -0.0273. The summed E-state index contributed by atoms with van der Waals surface area (Å²) in [6.45, 7) is 7.19. The van der Waals surface area contributed by atoms with E-state index < -0.39 is 5.97 Å². The third-order valence-electron chi connectivity index (χ3n) is 3.66. The molecule has 104 valence electrons. The minimum absolute atomic E-state index is 0.0273. The molecule has 2 N–H and O–H groups in total. The lowest BCUT2D eigenvalue weighted by Gasteiger charge is -2.31. The highest BCUT2D eigenvalue weighted by atomic mass is 16.4. The smallest absolute Gasteiger partial charge is 0.317 e. The predicted molar refractivity (Wildman–Crippen MR) is 69.5 cm³/mol. The maximum absolute atomic E-state index is 11.9. The van der Waals surface area contributed by atoms with Crippen molar-refractivity contribution in [3.63, 3.8) is 0 Å². The highest BCUT2D eigenvalue weighted by Crippen LogP contribution is 2.27. The van der Waals surface area contributed by atoms with Crippen LogP contribution < -0.4 is 5.32 Å². The summed E-state index contributed by atoms with van der Waals surface area (Å²) in [5, 5.41) is 11.6. The molecule has 1 aliphatic rings. The molecule has 0 aromatic carbocycles. The Hall–Kier alpha value is -1.26. The van der Waals surface area contributed by atoms with Crippen molar-refractivity contribution in [3.8, 4) is 0 Å². The van der Waals surface area contributed by atoms with E-state index in [1.54, 1.807) is 6.92 Å². The molecule has 2 amide bonds. The van der Waals surface area contributed by atoms with Crippen LogP contribution in [0, 0.1) is 5.92 Å². The number of likely N-dealkylation sites (tertiary alicyclic amines) is 1. The van der Waals surface area contributed by atoms with Crippen molar-refractivity contribution in [2.45, 2.75) is 52.0 Å². The molecule has 0 spiro atoms. The van der Waals surface area contributed by atoms with Crippen molar-refractivity contribution >= 4 is 12.0 Å². The van der Waals surface area contributed by atoms with Gasteiger partial charge in [-0.3, -0.25) is 4.79 Å². The number of urea groups is 1. The van der Waals surface area contributed by atoms with E-state index in [1.807, 2.05) is 4.90 Å². The summed E-state index contributed by atoms with van der Waals surface area (Å²) >= 11 is 0. The van der Waals surface area contributed by atoms with Crippen LogP contribution in [0.2, 0.25) is 0 Å². The van der Waals surface area contributed by atoms with Gasteiger partial charge in [0.1, 0.15) is 0 Å². The van der Waals surface area contributed by atoms with E-state index >= 15 is 0 Å². The van der Waals surface area contributed by atoms with Gasteiger partial charge in [-0.25, -0.2) is 4.79 Å². The summed E-state index contributed by atoms with van der Waals surface area (Å²) < 4.78 is 0. The molecule has 0 radical (unpaired) electrons. The van der Waals surface area contributed by atoms with Crippen molar-refractivity contribution in [1.29, 1.82) is 0 Å². The van der Waals surface area contributed by atoms with E-state index in [-0.39, 0.29) is 17.5 Å². The summed E-state index contributed by atoms with van der Waals surface area (Å²) in [5.41, 5.74) is -0.0571. The lowest BCUT2D eigenvalue weighted by atomic mass is 10.0. The third-order valence-corrected chi connectivity index (χ3v) is 3.66. The SMILES string of the molecule is CC(CCCNC(=O)N1CCCC1(C)C)C(=O)O. The number of carboxylic acids is 1. The number of nitrogens with one attached hydrogen (secondary N) is 1. The topological polar surface area (TPSA) is 69.6 Å². The molecule has 0 aromatic rings. The van der Waals surface area contributed by atoms with Gasteiger partial charge in [0.15, 0.2) is 0 Å². The second-order valence-corrected chi connectivity index (χ2v) is 5.68. The summed E-state index contributed by atoms with van der Waals surface area (Å²) in [4.78, 5) is 24.4. The van der Waals surface area contributed by atoms with Crippen LogP contribution in [0.5, 0.6) is 0 Å². The fourth-order valence-corrected chi connectivity index (χ4v) is 2.31. The average molecular weight is 256 g/mol. The summed E-state index contributed by atoms with van der Waals surface area (Å²) in [5.74, 6) is -1.12. The van der Waals surface area contributed by atoms with E-state index in [0.717, 1.165) is 19.4 Å². The van der Waals surface area contributed by atoms with E-state index in [4.69, 9.17) is 5.11 Å². The van der Waals surface area contributed by atoms with Gasteiger partial charge < -0.3 is 15.3 Å². The fraction of sp³-hybridized carbons (Fsp3) is 0.846. The van der Waals surface area contributed by atoms with E-state index in [2.05, 4.69) is 19.2 Å². The van der Waals surface area contributed by atoms with Crippen LogP contribution in [0.1, 0.15) is 46.5 Å². The van der Waals surface area contributed by atoms with Crippen molar-refractivity contribution in [1.82, 2.24) is 10.2 Å². The fourth-order valence-electron chi connectivity index (χ4n) is 2.31. The quantitative estimate of drug-likeness (QED) is 0.740. The van der Waals surface area contributed by atoms with Gasteiger partial charge in [-0.15, -0.1) is 0 Å². The summed E-state index contributed by atoms with van der Waals surface area (Å²) in [7, 11) is 0. The average Bonchev–Trinajstić information content (AvgIpc) is 2.63. The van der Waals surface area contributed by atoms with Gasteiger partial charge in [-0.05, 0) is 39.5 Å². The molecule has 18 heavy (non-hydrogen) atoms. The second-order valence-electron chi connectivity index (χ2n) is 5.68. The van der Waals surface area contributed by atoms with Gasteiger partial charge in [0, 0.05) is 18.6 Å². The van der Waals surface area contributed by atoms with Crippen molar-refractivity contribution in [3.05, 3.63) is 0 Å². The van der Waals surface area contributed by atoms with Gasteiger partial charge in [-0.2, -0.15) is 0 Å². The van der Waals surface area contributed by atoms with E-state index in [1.165, 1.54) is 0 Å². The molecule has 0 saturated carbocycles. The largest absolute Gasteiger partial charge is 0.481 e. The molecule has 0 aliphatic carbocycles. The molecular formula is C13H24N2O3. The standard InChI is InChI=1S/C13H24N2O3/c1-10(11(16)17)6-4-8-14-12(18)15-9-5-7-13(15,2)3/h10H,4-9H2,1-3H3,(H,14,18)(H,16,17). The van der Waals surface area contributed by atoms with Crippen molar-refractivity contribution < 1.29 is 14.7 Å². The van der Waals surface area contributed by atoms with Gasteiger partial charge in [0.2, 0.25) is 0 Å². The molecule has 1 unspecified atom stereocenters. The molecule has 5 heteroatoms. The van der Waals surface area contributed by atoms with Gasteiger partial charge >= 0.3 is 12.0 Å². The van der Waals surface area contributed by atoms with Gasteiger partial charge in [0.25, 0.3) is 0 Å². The lowest BCUT2D eigenvalue weighted by molar-refractivity contribution is -0.141. The molecule has 1 fully saturated rings. The Morgan fingerprint density at radius 3 is 2.61 bits per heavy atom. The number of carbonyl (C=O) groups excluding carboxylic acids is 1.